The zero-order valence-electron chi connectivity index (χ0n) is 22.1. The van der Waals surface area contributed by atoms with Gasteiger partial charge in [0.1, 0.15) is 5.82 Å². The molecule has 3 atom stereocenters. The maximum atomic E-state index is 13.4. The van der Waals surface area contributed by atoms with E-state index in [4.69, 9.17) is 5.26 Å². The highest BCUT2D eigenvalue weighted by molar-refractivity contribution is 5.95. The highest BCUT2D eigenvalue weighted by Crippen LogP contribution is 2.23. The molecule has 2 heterocycles. The van der Waals surface area contributed by atoms with Crippen molar-refractivity contribution in [1.82, 2.24) is 15.2 Å². The van der Waals surface area contributed by atoms with Crippen LogP contribution in [0.4, 0.5) is 11.5 Å². The van der Waals surface area contributed by atoms with Gasteiger partial charge in [0.2, 0.25) is 11.8 Å². The number of aromatic nitrogens is 1. The molecule has 1 aliphatic rings. The number of amides is 2. The second-order valence-corrected chi connectivity index (χ2v) is 9.90. The molecular formula is C30H34N6O2. The van der Waals surface area contributed by atoms with E-state index in [2.05, 4.69) is 35.5 Å². The van der Waals surface area contributed by atoms with E-state index in [1.807, 2.05) is 72.6 Å². The van der Waals surface area contributed by atoms with Gasteiger partial charge in [-0.15, -0.1) is 0 Å². The summed E-state index contributed by atoms with van der Waals surface area (Å²) in [5.41, 5.74) is 3.56. The first-order valence-corrected chi connectivity index (χ1v) is 12.9. The van der Waals surface area contributed by atoms with Crippen molar-refractivity contribution >= 4 is 23.3 Å². The van der Waals surface area contributed by atoms with Crippen molar-refractivity contribution in [3.05, 3.63) is 89.6 Å². The standard InChI is InChI=1S/C30H34N6O2/c1-21(24-11-9-23(15-31)10-12-24)16-32-18-27(25-7-5-4-6-8-25)30(38)34-28-14-13-26(17-33-28)36-20-29(37)35(3)19-22(36)2/h4-14,17,21-22,27,32H,16,18-20H2,1-3H3,(H,33,34,38)/t21-,22+,27?/m1/s1. The van der Waals surface area contributed by atoms with Crippen LogP contribution in [0.25, 0.3) is 0 Å². The second kappa shape index (κ2) is 12.3. The molecule has 38 heavy (non-hydrogen) atoms. The molecule has 1 unspecified atom stereocenters. The molecule has 196 valence electrons. The van der Waals surface area contributed by atoms with E-state index in [9.17, 15) is 9.59 Å². The molecule has 8 heteroatoms. The summed E-state index contributed by atoms with van der Waals surface area (Å²) in [4.78, 5) is 33.8. The molecule has 0 spiro atoms. The Morgan fingerprint density at radius 2 is 1.82 bits per heavy atom. The third-order valence-corrected chi connectivity index (χ3v) is 7.06. The van der Waals surface area contributed by atoms with Crippen LogP contribution in [0.5, 0.6) is 0 Å². The van der Waals surface area contributed by atoms with Gasteiger partial charge in [-0.25, -0.2) is 4.98 Å². The van der Waals surface area contributed by atoms with Crippen LogP contribution in [0, 0.1) is 11.3 Å². The normalized spacial score (nSPS) is 17.0. The number of carbonyl (C=O) groups is 2. The number of piperazine rings is 1. The summed E-state index contributed by atoms with van der Waals surface area (Å²) < 4.78 is 0. The third kappa shape index (κ3) is 6.55. The minimum absolute atomic E-state index is 0.0761. The molecule has 1 saturated heterocycles. The molecule has 1 aromatic heterocycles. The zero-order chi connectivity index (χ0) is 27.1. The summed E-state index contributed by atoms with van der Waals surface area (Å²) in [5, 5.41) is 15.4. The fraction of sp³-hybridized carbons (Fsp3) is 0.333. The topological polar surface area (TPSA) is 101 Å². The lowest BCUT2D eigenvalue weighted by atomic mass is 9.96. The number of pyridine rings is 1. The molecule has 4 rings (SSSR count). The van der Waals surface area contributed by atoms with E-state index >= 15 is 0 Å². The SMILES string of the molecule is C[C@H](CNCC(C(=O)Nc1ccc(N2CC(=O)N(C)C[C@@H]2C)cn1)c1ccccc1)c1ccc(C#N)cc1. The molecule has 0 saturated carbocycles. The summed E-state index contributed by atoms with van der Waals surface area (Å²) >= 11 is 0. The van der Waals surface area contributed by atoms with Gasteiger partial charge in [0.15, 0.2) is 0 Å². The number of carbonyl (C=O) groups excluding carboxylic acids is 2. The molecule has 2 N–H and O–H groups in total. The summed E-state index contributed by atoms with van der Waals surface area (Å²) in [5.74, 6) is 0.227. The Morgan fingerprint density at radius 1 is 1.08 bits per heavy atom. The average Bonchev–Trinajstić information content (AvgIpc) is 2.94. The fourth-order valence-corrected chi connectivity index (χ4v) is 4.70. The van der Waals surface area contributed by atoms with Gasteiger partial charge in [-0.1, -0.05) is 49.4 Å². The quantitative estimate of drug-likeness (QED) is 0.455. The van der Waals surface area contributed by atoms with Crippen LogP contribution in [0.2, 0.25) is 0 Å². The van der Waals surface area contributed by atoms with Gasteiger partial charge in [0.05, 0.1) is 36.0 Å². The van der Waals surface area contributed by atoms with Crippen molar-refractivity contribution in [3.63, 3.8) is 0 Å². The first-order chi connectivity index (χ1) is 18.4. The number of nitrogens with zero attached hydrogens (tertiary/aromatic N) is 4. The van der Waals surface area contributed by atoms with Crippen LogP contribution >= 0.6 is 0 Å². The number of benzene rings is 2. The third-order valence-electron chi connectivity index (χ3n) is 7.06. The minimum Gasteiger partial charge on any atom is -0.356 e. The number of nitriles is 1. The van der Waals surface area contributed by atoms with E-state index in [0.29, 0.717) is 37.6 Å². The van der Waals surface area contributed by atoms with E-state index in [1.54, 1.807) is 17.2 Å². The van der Waals surface area contributed by atoms with Crippen LogP contribution in [0.3, 0.4) is 0 Å². The predicted octanol–water partition coefficient (Wildman–Crippen LogP) is 3.74. The summed E-state index contributed by atoms with van der Waals surface area (Å²) in [7, 11) is 1.82. The van der Waals surface area contributed by atoms with Crippen LogP contribution in [0.15, 0.2) is 72.9 Å². The first kappa shape index (κ1) is 26.8. The smallest absolute Gasteiger partial charge is 0.241 e. The van der Waals surface area contributed by atoms with E-state index in [-0.39, 0.29) is 23.8 Å². The summed E-state index contributed by atoms with van der Waals surface area (Å²) in [6.45, 7) is 6.33. The predicted molar refractivity (Wildman–Crippen MR) is 149 cm³/mol. The Bertz CT molecular complexity index is 1270. The fourth-order valence-electron chi connectivity index (χ4n) is 4.70. The maximum Gasteiger partial charge on any atom is 0.241 e. The molecule has 8 nitrogen and oxygen atoms in total. The van der Waals surface area contributed by atoms with Crippen molar-refractivity contribution < 1.29 is 9.59 Å². The van der Waals surface area contributed by atoms with Crippen LogP contribution in [-0.4, -0.2) is 61.0 Å². The Balaban J connectivity index is 1.39. The lowest BCUT2D eigenvalue weighted by Crippen LogP contribution is -2.53. The molecular weight excluding hydrogens is 476 g/mol. The Morgan fingerprint density at radius 3 is 2.47 bits per heavy atom. The van der Waals surface area contributed by atoms with Gasteiger partial charge in [-0.05, 0) is 48.2 Å². The van der Waals surface area contributed by atoms with Gasteiger partial charge < -0.3 is 20.4 Å². The number of rotatable bonds is 9. The monoisotopic (exact) mass is 510 g/mol. The number of hydrogen-bond acceptors (Lipinski definition) is 6. The largest absolute Gasteiger partial charge is 0.356 e. The Hall–Kier alpha value is -4.22. The van der Waals surface area contributed by atoms with Crippen molar-refractivity contribution in [2.24, 2.45) is 0 Å². The molecule has 0 bridgehead atoms. The lowest BCUT2D eigenvalue weighted by molar-refractivity contribution is -0.130. The maximum absolute atomic E-state index is 13.4. The highest BCUT2D eigenvalue weighted by atomic mass is 16.2. The Kier molecular flexibility index (Phi) is 8.72. The molecule has 3 aromatic rings. The lowest BCUT2D eigenvalue weighted by Gasteiger charge is -2.39. The van der Waals surface area contributed by atoms with Crippen molar-refractivity contribution in [1.29, 1.82) is 5.26 Å². The first-order valence-electron chi connectivity index (χ1n) is 12.9. The van der Waals surface area contributed by atoms with Crippen molar-refractivity contribution in [2.75, 3.05) is 43.4 Å². The molecule has 0 radical (unpaired) electrons. The van der Waals surface area contributed by atoms with Crippen LogP contribution in [-0.2, 0) is 9.59 Å². The summed E-state index contributed by atoms with van der Waals surface area (Å²) in [6, 6.07) is 23.3. The van der Waals surface area contributed by atoms with Crippen LogP contribution in [0.1, 0.15) is 42.4 Å². The van der Waals surface area contributed by atoms with Gasteiger partial charge >= 0.3 is 0 Å². The Labute approximate surface area is 224 Å². The highest BCUT2D eigenvalue weighted by Gasteiger charge is 2.27. The number of likely N-dealkylation sites (N-methyl/N-ethyl adjacent to an activating group) is 1. The minimum atomic E-state index is -0.402. The molecule has 1 aliphatic heterocycles. The number of hydrogen-bond donors (Lipinski definition) is 2. The van der Waals surface area contributed by atoms with Crippen molar-refractivity contribution in [2.45, 2.75) is 31.7 Å². The van der Waals surface area contributed by atoms with Gasteiger partial charge in [-0.3, -0.25) is 9.59 Å². The second-order valence-electron chi connectivity index (χ2n) is 9.90. The molecule has 0 aliphatic carbocycles. The molecule has 2 aromatic carbocycles. The number of anilines is 2. The van der Waals surface area contributed by atoms with E-state index < -0.39 is 5.92 Å². The van der Waals surface area contributed by atoms with Crippen LogP contribution < -0.4 is 15.5 Å². The average molecular weight is 511 g/mol. The van der Waals surface area contributed by atoms with Crippen molar-refractivity contribution in [3.8, 4) is 6.07 Å². The molecule has 1 fully saturated rings. The van der Waals surface area contributed by atoms with Gasteiger partial charge in [-0.2, -0.15) is 5.26 Å². The molecule has 2 amide bonds. The van der Waals surface area contributed by atoms with Gasteiger partial charge in [0, 0.05) is 32.7 Å². The van der Waals surface area contributed by atoms with Gasteiger partial charge in [0.25, 0.3) is 0 Å². The van der Waals surface area contributed by atoms with E-state index in [0.717, 1.165) is 16.8 Å². The zero-order valence-corrected chi connectivity index (χ0v) is 22.1. The summed E-state index contributed by atoms with van der Waals surface area (Å²) in [6.07, 6.45) is 1.71. The van der Waals surface area contributed by atoms with E-state index in [1.165, 1.54) is 0 Å². The number of nitrogens with one attached hydrogen (secondary N) is 2.